The smallest absolute Gasteiger partial charge is 0.330 e. The first kappa shape index (κ1) is 23.2. The van der Waals surface area contributed by atoms with Crippen molar-refractivity contribution in [2.45, 2.75) is 26.1 Å². The van der Waals surface area contributed by atoms with Crippen LogP contribution in [0, 0.1) is 0 Å². The normalized spacial score (nSPS) is 13.3. The van der Waals surface area contributed by atoms with Crippen molar-refractivity contribution in [1.82, 2.24) is 0 Å². The standard InChI is InChI=1S/C20H26O8/c1-3-7-19(23)27-13-15(21)11-25-17-9-5-6-10-18(17)26-12-16(22)14-28-20(24)8-4-2/h3-10,15-16,21-22H,11-14H2,1-2H3. The minimum Gasteiger partial charge on any atom is -0.487 e. The molecule has 8 nitrogen and oxygen atoms in total. The highest BCUT2D eigenvalue weighted by Gasteiger charge is 2.13. The second kappa shape index (κ2) is 13.3. The summed E-state index contributed by atoms with van der Waals surface area (Å²) in [6.07, 6.45) is 3.54. The molecule has 0 bridgehead atoms. The van der Waals surface area contributed by atoms with Crippen molar-refractivity contribution in [3.05, 3.63) is 48.6 Å². The van der Waals surface area contributed by atoms with Crippen LogP contribution in [0.1, 0.15) is 13.8 Å². The maximum Gasteiger partial charge on any atom is 0.330 e. The van der Waals surface area contributed by atoms with E-state index in [4.69, 9.17) is 18.9 Å². The Morgan fingerprint density at radius 1 is 0.821 bits per heavy atom. The van der Waals surface area contributed by atoms with E-state index in [1.807, 2.05) is 0 Å². The summed E-state index contributed by atoms with van der Waals surface area (Å²) in [7, 11) is 0. The number of carbonyl (C=O) groups excluding carboxylic acids is 2. The average Bonchev–Trinajstić information content (AvgIpc) is 2.68. The number of allylic oxidation sites excluding steroid dienone is 2. The van der Waals surface area contributed by atoms with E-state index >= 15 is 0 Å². The first-order chi connectivity index (χ1) is 13.5. The Bertz CT molecular complexity index is 611. The van der Waals surface area contributed by atoms with Crippen LogP contribution in [0.4, 0.5) is 0 Å². The van der Waals surface area contributed by atoms with Crippen LogP contribution >= 0.6 is 0 Å². The van der Waals surface area contributed by atoms with Crippen molar-refractivity contribution >= 4 is 11.9 Å². The molecule has 0 aliphatic carbocycles. The van der Waals surface area contributed by atoms with Gasteiger partial charge in [0.2, 0.25) is 0 Å². The van der Waals surface area contributed by atoms with Crippen LogP contribution < -0.4 is 9.47 Å². The first-order valence-corrected chi connectivity index (χ1v) is 8.75. The molecule has 2 atom stereocenters. The lowest BCUT2D eigenvalue weighted by molar-refractivity contribution is -0.142. The third kappa shape index (κ3) is 9.75. The Balaban J connectivity index is 2.45. The average molecular weight is 394 g/mol. The van der Waals surface area contributed by atoms with Crippen molar-refractivity contribution in [1.29, 1.82) is 0 Å². The van der Waals surface area contributed by atoms with E-state index in [2.05, 4.69) is 0 Å². The number of ether oxygens (including phenoxy) is 4. The summed E-state index contributed by atoms with van der Waals surface area (Å²) in [6.45, 7) is 2.72. The molecule has 8 heteroatoms. The van der Waals surface area contributed by atoms with Gasteiger partial charge in [-0.25, -0.2) is 9.59 Å². The SMILES string of the molecule is CC=CC(=O)OCC(O)COc1ccccc1OCC(O)COC(=O)C=CC. The van der Waals surface area contributed by atoms with E-state index in [0.717, 1.165) is 0 Å². The van der Waals surface area contributed by atoms with Gasteiger partial charge in [0.05, 0.1) is 0 Å². The summed E-state index contributed by atoms with van der Waals surface area (Å²) in [6, 6.07) is 6.70. The number of esters is 2. The van der Waals surface area contributed by atoms with Gasteiger partial charge in [-0.2, -0.15) is 0 Å². The number of aliphatic hydroxyl groups is 2. The van der Waals surface area contributed by atoms with Gasteiger partial charge in [-0.05, 0) is 26.0 Å². The van der Waals surface area contributed by atoms with E-state index in [9.17, 15) is 19.8 Å². The molecule has 0 heterocycles. The number of hydrogen-bond acceptors (Lipinski definition) is 8. The fourth-order valence-corrected chi connectivity index (χ4v) is 1.88. The highest BCUT2D eigenvalue weighted by molar-refractivity contribution is 5.82. The molecule has 0 saturated carbocycles. The molecule has 0 aliphatic heterocycles. The Kier molecular flexibility index (Phi) is 11.1. The summed E-state index contributed by atoms with van der Waals surface area (Å²) in [5.74, 6) is -0.400. The number of benzene rings is 1. The van der Waals surface area contributed by atoms with E-state index in [1.165, 1.54) is 24.3 Å². The second-order valence-corrected chi connectivity index (χ2v) is 5.64. The Morgan fingerprint density at radius 2 is 1.21 bits per heavy atom. The maximum absolute atomic E-state index is 11.2. The fourth-order valence-electron chi connectivity index (χ4n) is 1.88. The Morgan fingerprint density at radius 3 is 1.57 bits per heavy atom. The van der Waals surface area contributed by atoms with Crippen LogP contribution in [0.3, 0.4) is 0 Å². The van der Waals surface area contributed by atoms with Gasteiger partial charge in [0.15, 0.2) is 11.5 Å². The second-order valence-electron chi connectivity index (χ2n) is 5.64. The van der Waals surface area contributed by atoms with Crippen LogP contribution in [-0.2, 0) is 19.1 Å². The summed E-state index contributed by atoms with van der Waals surface area (Å²) in [5.41, 5.74) is 0. The van der Waals surface area contributed by atoms with Crippen molar-refractivity contribution < 1.29 is 38.7 Å². The van der Waals surface area contributed by atoms with Crippen LogP contribution in [0.15, 0.2) is 48.6 Å². The summed E-state index contributed by atoms with van der Waals surface area (Å²) in [5, 5.41) is 19.7. The van der Waals surface area contributed by atoms with Crippen LogP contribution in [0.5, 0.6) is 11.5 Å². The minimum atomic E-state index is -1.01. The highest BCUT2D eigenvalue weighted by Crippen LogP contribution is 2.26. The molecule has 154 valence electrons. The third-order valence-corrected chi connectivity index (χ3v) is 3.15. The molecule has 0 fully saturated rings. The van der Waals surface area contributed by atoms with E-state index in [-0.39, 0.29) is 26.4 Å². The number of para-hydroxylation sites is 2. The van der Waals surface area contributed by atoms with Crippen molar-refractivity contribution in [3.8, 4) is 11.5 Å². The number of rotatable bonds is 12. The quantitative estimate of drug-likeness (QED) is 0.404. The monoisotopic (exact) mass is 394 g/mol. The summed E-state index contributed by atoms with van der Waals surface area (Å²) >= 11 is 0. The summed E-state index contributed by atoms with van der Waals surface area (Å²) < 4.78 is 20.7. The lowest BCUT2D eigenvalue weighted by Gasteiger charge is -2.17. The molecule has 1 aromatic rings. The van der Waals surface area contributed by atoms with E-state index < -0.39 is 24.1 Å². The van der Waals surface area contributed by atoms with Gasteiger partial charge in [-0.1, -0.05) is 24.3 Å². The molecule has 0 aliphatic rings. The van der Waals surface area contributed by atoms with Gasteiger partial charge in [-0.3, -0.25) is 0 Å². The lowest BCUT2D eigenvalue weighted by Crippen LogP contribution is -2.26. The van der Waals surface area contributed by atoms with Crippen molar-refractivity contribution in [2.75, 3.05) is 26.4 Å². The zero-order valence-corrected chi connectivity index (χ0v) is 15.9. The Labute approximate surface area is 164 Å². The molecule has 0 amide bonds. The lowest BCUT2D eigenvalue weighted by atomic mass is 10.3. The number of carbonyl (C=O) groups is 2. The van der Waals surface area contributed by atoms with Crippen LogP contribution in [-0.4, -0.2) is 60.8 Å². The van der Waals surface area contributed by atoms with Crippen LogP contribution in [0.25, 0.3) is 0 Å². The molecular weight excluding hydrogens is 368 g/mol. The molecule has 0 aromatic heterocycles. The van der Waals surface area contributed by atoms with Gasteiger partial charge in [0.25, 0.3) is 0 Å². The van der Waals surface area contributed by atoms with Gasteiger partial charge in [0, 0.05) is 12.2 Å². The molecule has 2 unspecified atom stereocenters. The first-order valence-electron chi connectivity index (χ1n) is 8.75. The molecule has 28 heavy (non-hydrogen) atoms. The molecule has 2 N–H and O–H groups in total. The maximum atomic E-state index is 11.2. The van der Waals surface area contributed by atoms with E-state index in [1.54, 1.807) is 38.1 Å². The topological polar surface area (TPSA) is 112 Å². The van der Waals surface area contributed by atoms with E-state index in [0.29, 0.717) is 11.5 Å². The summed E-state index contributed by atoms with van der Waals surface area (Å²) in [4.78, 5) is 22.4. The highest BCUT2D eigenvalue weighted by atomic mass is 16.6. The van der Waals surface area contributed by atoms with Gasteiger partial charge < -0.3 is 29.2 Å². The Hall–Kier alpha value is -2.84. The minimum absolute atomic E-state index is 0.118. The molecule has 0 saturated heterocycles. The molecule has 1 aromatic carbocycles. The number of aliphatic hydroxyl groups excluding tert-OH is 2. The van der Waals surface area contributed by atoms with Crippen LogP contribution in [0.2, 0.25) is 0 Å². The zero-order chi connectivity index (χ0) is 20.8. The predicted molar refractivity (Wildman–Crippen MR) is 101 cm³/mol. The third-order valence-electron chi connectivity index (χ3n) is 3.15. The number of hydrogen-bond donors (Lipinski definition) is 2. The molecule has 0 spiro atoms. The molecule has 0 radical (unpaired) electrons. The van der Waals surface area contributed by atoms with Gasteiger partial charge in [0.1, 0.15) is 38.6 Å². The fraction of sp³-hybridized carbons (Fsp3) is 0.400. The predicted octanol–water partition coefficient (Wildman–Crippen LogP) is 1.40. The molecule has 1 rings (SSSR count). The largest absolute Gasteiger partial charge is 0.487 e. The van der Waals surface area contributed by atoms with Crippen molar-refractivity contribution in [2.24, 2.45) is 0 Å². The molecular formula is C20H26O8. The van der Waals surface area contributed by atoms with Gasteiger partial charge in [-0.15, -0.1) is 0 Å². The zero-order valence-electron chi connectivity index (χ0n) is 15.9. The van der Waals surface area contributed by atoms with Crippen molar-refractivity contribution in [3.63, 3.8) is 0 Å². The van der Waals surface area contributed by atoms with Gasteiger partial charge >= 0.3 is 11.9 Å².